The average Bonchev–Trinajstić information content (AvgIpc) is 2.50. The van der Waals surface area contributed by atoms with Crippen molar-refractivity contribution in [1.29, 1.82) is 0 Å². The Balaban J connectivity index is 1.74. The normalized spacial score (nSPS) is 26.7. The lowest BCUT2D eigenvalue weighted by atomic mass is 9.77. The smallest absolute Gasteiger partial charge is 0.137 e. The summed E-state index contributed by atoms with van der Waals surface area (Å²) in [5, 5.41) is 10.6. The van der Waals surface area contributed by atoms with Crippen molar-refractivity contribution in [1.82, 2.24) is 0 Å². The van der Waals surface area contributed by atoms with Gasteiger partial charge in [-0.1, -0.05) is 6.07 Å². The Morgan fingerprint density at radius 2 is 2.05 bits per heavy atom. The zero-order chi connectivity index (χ0) is 14.9. The standard InChI is InChI=1S/C16H20BrFO3/c17-13-9-11(1-2-14(13)18)15(19)12-3-6-21-16(10-12)4-7-20-8-5-16/h1-2,9,12,15,19H,3-8,10H2. The van der Waals surface area contributed by atoms with Crippen LogP contribution in [0.2, 0.25) is 0 Å². The van der Waals surface area contributed by atoms with Gasteiger partial charge in [-0.05, 0) is 65.2 Å². The van der Waals surface area contributed by atoms with Crippen LogP contribution in [0, 0.1) is 11.7 Å². The van der Waals surface area contributed by atoms with E-state index in [-0.39, 0.29) is 17.3 Å². The maximum atomic E-state index is 13.3. The molecule has 1 aromatic rings. The maximum Gasteiger partial charge on any atom is 0.137 e. The van der Waals surface area contributed by atoms with Gasteiger partial charge < -0.3 is 14.6 Å². The molecule has 0 saturated carbocycles. The van der Waals surface area contributed by atoms with Crippen molar-refractivity contribution >= 4 is 15.9 Å². The molecule has 0 bridgehead atoms. The van der Waals surface area contributed by atoms with Gasteiger partial charge in [0.2, 0.25) is 0 Å². The van der Waals surface area contributed by atoms with E-state index in [0.29, 0.717) is 11.1 Å². The van der Waals surface area contributed by atoms with Crippen LogP contribution in [0.5, 0.6) is 0 Å². The van der Waals surface area contributed by atoms with E-state index < -0.39 is 6.10 Å². The molecule has 2 heterocycles. The number of rotatable bonds is 2. The number of benzene rings is 1. The van der Waals surface area contributed by atoms with E-state index in [1.165, 1.54) is 6.07 Å². The van der Waals surface area contributed by atoms with E-state index in [2.05, 4.69) is 15.9 Å². The predicted octanol–water partition coefficient (Wildman–Crippen LogP) is 3.60. The first kappa shape index (κ1) is 15.4. The van der Waals surface area contributed by atoms with Crippen LogP contribution in [-0.2, 0) is 9.47 Å². The van der Waals surface area contributed by atoms with Crippen molar-refractivity contribution in [2.45, 2.75) is 37.4 Å². The van der Waals surface area contributed by atoms with Crippen LogP contribution in [0.3, 0.4) is 0 Å². The third-order valence-electron chi connectivity index (χ3n) is 4.67. The van der Waals surface area contributed by atoms with Gasteiger partial charge in [0.05, 0.1) is 16.2 Å². The zero-order valence-corrected chi connectivity index (χ0v) is 13.4. The van der Waals surface area contributed by atoms with Crippen molar-refractivity contribution in [3.63, 3.8) is 0 Å². The predicted molar refractivity (Wildman–Crippen MR) is 80.5 cm³/mol. The molecule has 2 aliphatic heterocycles. The van der Waals surface area contributed by atoms with Crippen LogP contribution >= 0.6 is 15.9 Å². The summed E-state index contributed by atoms with van der Waals surface area (Å²) in [7, 11) is 0. The van der Waals surface area contributed by atoms with Gasteiger partial charge in [0.15, 0.2) is 0 Å². The first-order chi connectivity index (χ1) is 10.1. The highest BCUT2D eigenvalue weighted by Gasteiger charge is 2.41. The number of aliphatic hydroxyl groups is 1. The Morgan fingerprint density at radius 1 is 1.29 bits per heavy atom. The van der Waals surface area contributed by atoms with Gasteiger partial charge in [-0.25, -0.2) is 4.39 Å². The Labute approximate surface area is 132 Å². The van der Waals surface area contributed by atoms with Gasteiger partial charge in [-0.2, -0.15) is 0 Å². The molecule has 0 aliphatic carbocycles. The van der Waals surface area contributed by atoms with Crippen LogP contribution < -0.4 is 0 Å². The number of hydrogen-bond donors (Lipinski definition) is 1. The number of halogens is 2. The molecule has 2 aliphatic rings. The summed E-state index contributed by atoms with van der Waals surface area (Å²) in [6, 6.07) is 4.73. The Bertz CT molecular complexity index is 497. The van der Waals surface area contributed by atoms with Gasteiger partial charge in [-0.3, -0.25) is 0 Å². The summed E-state index contributed by atoms with van der Waals surface area (Å²) >= 11 is 3.18. The summed E-state index contributed by atoms with van der Waals surface area (Å²) in [4.78, 5) is 0. The van der Waals surface area contributed by atoms with Gasteiger partial charge in [0, 0.05) is 19.8 Å². The fraction of sp³-hybridized carbons (Fsp3) is 0.625. The van der Waals surface area contributed by atoms with E-state index in [0.717, 1.165) is 44.5 Å². The van der Waals surface area contributed by atoms with Crippen molar-refractivity contribution in [2.75, 3.05) is 19.8 Å². The molecule has 0 amide bonds. The third-order valence-corrected chi connectivity index (χ3v) is 5.27. The summed E-state index contributed by atoms with van der Waals surface area (Å²) in [6.45, 7) is 2.12. The first-order valence-electron chi connectivity index (χ1n) is 7.44. The quantitative estimate of drug-likeness (QED) is 0.877. The monoisotopic (exact) mass is 358 g/mol. The van der Waals surface area contributed by atoms with Crippen LogP contribution in [0.25, 0.3) is 0 Å². The second kappa shape index (κ2) is 6.32. The lowest BCUT2D eigenvalue weighted by molar-refractivity contribution is -0.159. The van der Waals surface area contributed by atoms with Crippen molar-refractivity contribution in [3.05, 3.63) is 34.1 Å². The molecule has 21 heavy (non-hydrogen) atoms. The molecular weight excluding hydrogens is 339 g/mol. The SMILES string of the molecule is OC(c1ccc(F)c(Br)c1)C1CCOC2(CCOCC2)C1. The van der Waals surface area contributed by atoms with Crippen LogP contribution in [0.15, 0.2) is 22.7 Å². The molecule has 3 nitrogen and oxygen atoms in total. The van der Waals surface area contributed by atoms with Crippen LogP contribution in [0.4, 0.5) is 4.39 Å². The third kappa shape index (κ3) is 3.31. The molecule has 2 fully saturated rings. The second-order valence-corrected chi connectivity index (χ2v) is 6.87. The number of aliphatic hydroxyl groups excluding tert-OH is 1. The molecule has 2 saturated heterocycles. The molecule has 1 N–H and O–H groups in total. The summed E-state index contributed by atoms with van der Waals surface area (Å²) < 4.78 is 25.1. The Kier molecular flexibility index (Phi) is 4.64. The molecule has 2 atom stereocenters. The second-order valence-electron chi connectivity index (χ2n) is 6.02. The number of ether oxygens (including phenoxy) is 2. The number of hydrogen-bond acceptors (Lipinski definition) is 3. The summed E-state index contributed by atoms with van der Waals surface area (Å²) in [5.41, 5.74) is 0.622. The zero-order valence-electron chi connectivity index (χ0n) is 11.9. The lowest BCUT2D eigenvalue weighted by Crippen LogP contribution is -2.45. The topological polar surface area (TPSA) is 38.7 Å². The van der Waals surface area contributed by atoms with E-state index >= 15 is 0 Å². The fourth-order valence-corrected chi connectivity index (χ4v) is 3.79. The molecule has 1 aromatic carbocycles. The molecule has 0 aromatic heterocycles. The minimum absolute atomic E-state index is 0.139. The van der Waals surface area contributed by atoms with Gasteiger partial charge in [0.1, 0.15) is 5.82 Å². The lowest BCUT2D eigenvalue weighted by Gasteiger charge is -2.44. The summed E-state index contributed by atoms with van der Waals surface area (Å²) in [6.07, 6.45) is 2.88. The van der Waals surface area contributed by atoms with Crippen molar-refractivity contribution in [3.8, 4) is 0 Å². The molecule has 1 spiro atoms. The molecular formula is C16H20BrFO3. The highest BCUT2D eigenvalue weighted by atomic mass is 79.9. The largest absolute Gasteiger partial charge is 0.388 e. The van der Waals surface area contributed by atoms with Crippen LogP contribution in [0.1, 0.15) is 37.4 Å². The molecule has 0 radical (unpaired) electrons. The van der Waals surface area contributed by atoms with E-state index in [1.54, 1.807) is 12.1 Å². The Hall–Kier alpha value is -0.490. The van der Waals surface area contributed by atoms with Crippen molar-refractivity contribution < 1.29 is 19.0 Å². The van der Waals surface area contributed by atoms with Crippen LogP contribution in [-0.4, -0.2) is 30.5 Å². The van der Waals surface area contributed by atoms with E-state index in [1.807, 2.05) is 0 Å². The van der Waals surface area contributed by atoms with Gasteiger partial charge in [-0.15, -0.1) is 0 Å². The molecule has 5 heteroatoms. The van der Waals surface area contributed by atoms with Gasteiger partial charge in [0.25, 0.3) is 0 Å². The minimum Gasteiger partial charge on any atom is -0.388 e. The first-order valence-corrected chi connectivity index (χ1v) is 8.24. The maximum absolute atomic E-state index is 13.3. The molecule has 2 unspecified atom stereocenters. The molecule has 116 valence electrons. The average molecular weight is 359 g/mol. The van der Waals surface area contributed by atoms with Gasteiger partial charge >= 0.3 is 0 Å². The van der Waals surface area contributed by atoms with E-state index in [9.17, 15) is 9.50 Å². The minimum atomic E-state index is -0.578. The summed E-state index contributed by atoms with van der Waals surface area (Å²) in [5.74, 6) is -0.159. The highest BCUT2D eigenvalue weighted by molar-refractivity contribution is 9.10. The Morgan fingerprint density at radius 3 is 2.76 bits per heavy atom. The van der Waals surface area contributed by atoms with E-state index in [4.69, 9.17) is 9.47 Å². The fourth-order valence-electron chi connectivity index (χ4n) is 3.40. The highest BCUT2D eigenvalue weighted by Crippen LogP contribution is 2.42. The van der Waals surface area contributed by atoms with Crippen molar-refractivity contribution in [2.24, 2.45) is 5.92 Å². The molecule has 3 rings (SSSR count).